The van der Waals surface area contributed by atoms with Gasteiger partial charge in [0.05, 0.1) is 12.5 Å². The monoisotopic (exact) mass is 620 g/mol. The maximum absolute atomic E-state index is 13.0. The van der Waals surface area contributed by atoms with Gasteiger partial charge in [0.1, 0.15) is 40.9 Å². The smallest absolute Gasteiger partial charge is 0.351 e. The van der Waals surface area contributed by atoms with Crippen LogP contribution in [0.25, 0.3) is 11.0 Å². The molecule has 45 heavy (non-hydrogen) atoms. The standard InChI is InChI=1S/C35H25ClN2O7/c1-2-41-31-16-21(11-14-29(31)42-19-22-8-3-5-9-27(22)36)32-24-13-12-23(17-30(24)44-33(38)26(32)18-37)43-34(39)25-15-20-7-4-6-10-28(20)45-35(25)40/h3-17,32H,2,19,38H2,1H3. The van der Waals surface area contributed by atoms with Gasteiger partial charge in [-0.1, -0.05) is 60.1 Å². The minimum absolute atomic E-state index is 0.0920. The van der Waals surface area contributed by atoms with Crippen molar-refractivity contribution < 1.29 is 28.2 Å². The van der Waals surface area contributed by atoms with Crippen LogP contribution < -0.4 is 30.3 Å². The van der Waals surface area contributed by atoms with Crippen LogP contribution in [0.3, 0.4) is 0 Å². The van der Waals surface area contributed by atoms with Crippen LogP contribution in [0.5, 0.6) is 23.0 Å². The summed E-state index contributed by atoms with van der Waals surface area (Å²) in [5, 5.41) is 11.2. The van der Waals surface area contributed by atoms with E-state index in [2.05, 4.69) is 6.07 Å². The molecule has 0 bridgehead atoms. The Morgan fingerprint density at radius 1 is 0.978 bits per heavy atom. The van der Waals surface area contributed by atoms with E-state index in [0.717, 1.165) is 5.56 Å². The third kappa shape index (κ3) is 5.92. The summed E-state index contributed by atoms with van der Waals surface area (Å²) in [7, 11) is 0. The highest BCUT2D eigenvalue weighted by Gasteiger charge is 2.32. The highest BCUT2D eigenvalue weighted by molar-refractivity contribution is 6.31. The third-order valence-corrected chi connectivity index (χ3v) is 7.57. The van der Waals surface area contributed by atoms with Crippen LogP contribution in [0.1, 0.15) is 39.9 Å². The van der Waals surface area contributed by atoms with E-state index >= 15 is 0 Å². The first-order chi connectivity index (χ1) is 21.9. The Morgan fingerprint density at radius 2 is 1.78 bits per heavy atom. The number of hydrogen-bond acceptors (Lipinski definition) is 9. The van der Waals surface area contributed by atoms with E-state index in [0.29, 0.717) is 45.2 Å². The van der Waals surface area contributed by atoms with Crippen LogP contribution in [-0.2, 0) is 6.61 Å². The molecule has 4 aromatic carbocycles. The van der Waals surface area contributed by atoms with Crippen LogP contribution in [0.4, 0.5) is 0 Å². The predicted octanol–water partition coefficient (Wildman–Crippen LogP) is 6.86. The molecule has 6 rings (SSSR count). The van der Waals surface area contributed by atoms with Gasteiger partial charge in [-0.15, -0.1) is 0 Å². The summed E-state index contributed by atoms with van der Waals surface area (Å²) in [4.78, 5) is 25.4. The molecule has 10 heteroatoms. The molecule has 1 unspecified atom stereocenters. The summed E-state index contributed by atoms with van der Waals surface area (Å²) >= 11 is 6.29. The van der Waals surface area contributed by atoms with Crippen LogP contribution in [0.15, 0.2) is 112 Å². The van der Waals surface area contributed by atoms with Crippen molar-refractivity contribution in [2.75, 3.05) is 6.61 Å². The number of halogens is 1. The summed E-state index contributed by atoms with van der Waals surface area (Å²) in [6.07, 6.45) is 0. The average Bonchev–Trinajstić information content (AvgIpc) is 3.04. The zero-order valence-corrected chi connectivity index (χ0v) is 24.7. The lowest BCUT2D eigenvalue weighted by molar-refractivity contribution is 0.0730. The number of esters is 1. The van der Waals surface area contributed by atoms with Crippen molar-refractivity contribution in [1.82, 2.24) is 0 Å². The number of benzene rings is 4. The first-order valence-electron chi connectivity index (χ1n) is 14.0. The Balaban J connectivity index is 1.30. The first kappa shape index (κ1) is 29.4. The average molecular weight is 621 g/mol. The molecule has 0 saturated heterocycles. The number of nitriles is 1. The number of carbonyl (C=O) groups is 1. The molecule has 0 saturated carbocycles. The molecule has 1 aliphatic rings. The van der Waals surface area contributed by atoms with Gasteiger partial charge in [0, 0.05) is 27.6 Å². The number of allylic oxidation sites excluding steroid dienone is 1. The zero-order valence-electron chi connectivity index (χ0n) is 23.9. The summed E-state index contributed by atoms with van der Waals surface area (Å²) in [5.74, 6) is -0.231. The van der Waals surface area contributed by atoms with E-state index in [1.54, 1.807) is 54.6 Å². The van der Waals surface area contributed by atoms with Gasteiger partial charge in [0.25, 0.3) is 0 Å². The summed E-state index contributed by atoms with van der Waals surface area (Å²) in [6.45, 7) is 2.47. The molecule has 1 aromatic heterocycles. The summed E-state index contributed by atoms with van der Waals surface area (Å²) in [6, 6.07) is 27.9. The van der Waals surface area contributed by atoms with Crippen molar-refractivity contribution in [1.29, 1.82) is 5.26 Å². The fourth-order valence-electron chi connectivity index (χ4n) is 5.07. The predicted molar refractivity (Wildman–Crippen MR) is 167 cm³/mol. The van der Waals surface area contributed by atoms with E-state index in [-0.39, 0.29) is 35.1 Å². The number of rotatable bonds is 8. The second-order valence-corrected chi connectivity index (χ2v) is 10.4. The molecule has 0 aliphatic carbocycles. The number of hydrogen-bond donors (Lipinski definition) is 1. The lowest BCUT2D eigenvalue weighted by atomic mass is 9.83. The molecule has 1 atom stereocenters. The normalized spacial score (nSPS) is 13.8. The number of ether oxygens (including phenoxy) is 4. The van der Waals surface area contributed by atoms with Crippen molar-refractivity contribution in [3.8, 4) is 29.1 Å². The number of nitrogens with zero attached hydrogens (tertiary/aromatic N) is 1. The van der Waals surface area contributed by atoms with Crippen molar-refractivity contribution in [3.05, 3.63) is 140 Å². The van der Waals surface area contributed by atoms with Gasteiger partial charge in [0.15, 0.2) is 11.5 Å². The van der Waals surface area contributed by atoms with Crippen molar-refractivity contribution in [2.24, 2.45) is 5.73 Å². The largest absolute Gasteiger partial charge is 0.490 e. The van der Waals surface area contributed by atoms with E-state index < -0.39 is 17.5 Å². The lowest BCUT2D eigenvalue weighted by Crippen LogP contribution is -2.22. The minimum atomic E-state index is -0.892. The molecule has 5 aromatic rings. The van der Waals surface area contributed by atoms with Gasteiger partial charge in [-0.2, -0.15) is 5.26 Å². The highest BCUT2D eigenvalue weighted by atomic mass is 35.5. The number of carbonyl (C=O) groups excluding carboxylic acids is 1. The van der Waals surface area contributed by atoms with Gasteiger partial charge in [-0.3, -0.25) is 0 Å². The van der Waals surface area contributed by atoms with Crippen molar-refractivity contribution >= 4 is 28.5 Å². The van der Waals surface area contributed by atoms with E-state index in [1.807, 2.05) is 31.2 Å². The molecule has 9 nitrogen and oxygen atoms in total. The van der Waals surface area contributed by atoms with Gasteiger partial charge in [-0.05, 0) is 48.9 Å². The Labute approximate surface area is 262 Å². The Kier molecular flexibility index (Phi) is 8.14. The summed E-state index contributed by atoms with van der Waals surface area (Å²) in [5.41, 5.74) is 7.83. The molecule has 0 fully saturated rings. The molecular weight excluding hydrogens is 596 g/mol. The number of nitrogens with two attached hydrogens (primary N) is 1. The van der Waals surface area contributed by atoms with Crippen molar-refractivity contribution in [3.63, 3.8) is 0 Å². The van der Waals surface area contributed by atoms with Crippen LogP contribution in [0, 0.1) is 11.3 Å². The maximum atomic E-state index is 13.0. The second-order valence-electron chi connectivity index (χ2n) is 10.0. The van der Waals surface area contributed by atoms with E-state index in [4.69, 9.17) is 40.7 Å². The van der Waals surface area contributed by atoms with Gasteiger partial charge < -0.3 is 29.1 Å². The topological polar surface area (TPSA) is 134 Å². The fourth-order valence-corrected chi connectivity index (χ4v) is 5.26. The van der Waals surface area contributed by atoms with Gasteiger partial charge in [-0.25, -0.2) is 9.59 Å². The quantitative estimate of drug-likeness (QED) is 0.112. The van der Waals surface area contributed by atoms with E-state index in [1.165, 1.54) is 12.1 Å². The molecule has 1 aliphatic heterocycles. The van der Waals surface area contributed by atoms with E-state index in [9.17, 15) is 14.9 Å². The minimum Gasteiger partial charge on any atom is -0.490 e. The SMILES string of the molecule is CCOc1cc(C2C(C#N)=C(N)Oc3cc(OC(=O)c4cc5ccccc5oc4=O)ccc32)ccc1OCc1ccccc1Cl. The molecule has 0 spiro atoms. The zero-order chi connectivity index (χ0) is 31.5. The van der Waals surface area contributed by atoms with Gasteiger partial charge >= 0.3 is 11.6 Å². The van der Waals surface area contributed by atoms with Crippen LogP contribution in [0.2, 0.25) is 5.02 Å². The Morgan fingerprint density at radius 3 is 2.58 bits per heavy atom. The first-order valence-corrected chi connectivity index (χ1v) is 14.3. The highest BCUT2D eigenvalue weighted by Crippen LogP contribution is 2.45. The summed E-state index contributed by atoms with van der Waals surface area (Å²) < 4.78 is 28.5. The van der Waals surface area contributed by atoms with Gasteiger partial charge in [0.2, 0.25) is 5.88 Å². The van der Waals surface area contributed by atoms with Crippen molar-refractivity contribution in [2.45, 2.75) is 19.4 Å². The molecule has 0 amide bonds. The second kappa shape index (κ2) is 12.5. The Hall–Kier alpha value is -5.72. The lowest BCUT2D eigenvalue weighted by Gasteiger charge is -2.27. The number of fused-ring (bicyclic) bond motifs is 2. The molecule has 2 N–H and O–H groups in total. The third-order valence-electron chi connectivity index (χ3n) is 7.20. The molecule has 0 radical (unpaired) electrons. The number of para-hydroxylation sites is 1. The van der Waals surface area contributed by atoms with Crippen LogP contribution in [-0.4, -0.2) is 12.6 Å². The maximum Gasteiger partial charge on any atom is 0.351 e. The molecular formula is C35H25ClN2O7. The molecule has 224 valence electrons. The van der Waals surface area contributed by atoms with Crippen LogP contribution >= 0.6 is 11.6 Å². The molecule has 2 heterocycles. The fraction of sp³-hybridized carbons (Fsp3) is 0.114. The Bertz CT molecular complexity index is 2080.